The van der Waals surface area contributed by atoms with Crippen molar-refractivity contribution in [3.8, 4) is 0 Å². The number of carbonyl (C=O) groups excluding carboxylic acids is 3. The van der Waals surface area contributed by atoms with Crippen LogP contribution in [0.25, 0.3) is 0 Å². The molecular formula is C22H33N3O4. The highest BCUT2D eigenvalue weighted by Crippen LogP contribution is 2.37. The molecule has 1 aliphatic carbocycles. The van der Waals surface area contributed by atoms with Crippen molar-refractivity contribution < 1.29 is 19.1 Å². The summed E-state index contributed by atoms with van der Waals surface area (Å²) in [5.41, 5.74) is 0.0817. The van der Waals surface area contributed by atoms with Crippen molar-refractivity contribution in [3.05, 3.63) is 24.3 Å². The fourth-order valence-corrected chi connectivity index (χ4v) is 3.51. The molecule has 0 saturated heterocycles. The molecule has 0 unspecified atom stereocenters. The summed E-state index contributed by atoms with van der Waals surface area (Å²) in [6.45, 7) is 8.82. The van der Waals surface area contributed by atoms with Crippen molar-refractivity contribution in [1.29, 1.82) is 0 Å². The maximum atomic E-state index is 13.1. The van der Waals surface area contributed by atoms with Gasteiger partial charge in [0.25, 0.3) is 0 Å². The third-order valence-corrected chi connectivity index (χ3v) is 5.40. The molecule has 0 bridgehead atoms. The average Bonchev–Trinajstić information content (AvgIpc) is 2.62. The number of hydrogen-bond donors (Lipinski definition) is 2. The van der Waals surface area contributed by atoms with Gasteiger partial charge < -0.3 is 20.3 Å². The van der Waals surface area contributed by atoms with E-state index in [1.54, 1.807) is 31.3 Å². The molecule has 7 heteroatoms. The molecular weight excluding hydrogens is 370 g/mol. The standard InChI is InChI=1S/C22H33N3O4/c1-15(26)25(6)17-12-10-16(11-13-17)23-19(27)22(5)14-8-7-9-18(22)24-20(28)29-21(2,3)4/h10-13,18H,7-9,14H2,1-6H3,(H,23,27)(H,24,28)/t18-,22+/m1/s1. The van der Waals surface area contributed by atoms with E-state index in [0.29, 0.717) is 12.1 Å². The number of amides is 3. The van der Waals surface area contributed by atoms with E-state index in [1.165, 1.54) is 11.8 Å². The van der Waals surface area contributed by atoms with Crippen LogP contribution in [0.5, 0.6) is 0 Å². The van der Waals surface area contributed by atoms with Crippen LogP contribution >= 0.6 is 0 Å². The van der Waals surface area contributed by atoms with Crippen LogP contribution in [0.15, 0.2) is 24.3 Å². The maximum Gasteiger partial charge on any atom is 0.407 e. The van der Waals surface area contributed by atoms with Crippen LogP contribution in [0.4, 0.5) is 16.2 Å². The van der Waals surface area contributed by atoms with Gasteiger partial charge in [-0.25, -0.2) is 4.79 Å². The van der Waals surface area contributed by atoms with Gasteiger partial charge in [-0.3, -0.25) is 9.59 Å². The zero-order valence-electron chi connectivity index (χ0n) is 18.3. The van der Waals surface area contributed by atoms with E-state index in [2.05, 4.69) is 10.6 Å². The van der Waals surface area contributed by atoms with Crippen LogP contribution in [0.3, 0.4) is 0 Å². The highest BCUT2D eigenvalue weighted by molar-refractivity contribution is 5.96. The Morgan fingerprint density at radius 3 is 2.31 bits per heavy atom. The van der Waals surface area contributed by atoms with Crippen LogP contribution in [-0.4, -0.2) is 36.6 Å². The number of nitrogens with one attached hydrogen (secondary N) is 2. The fraction of sp³-hybridized carbons (Fsp3) is 0.591. The minimum atomic E-state index is -0.732. The Morgan fingerprint density at radius 1 is 1.14 bits per heavy atom. The predicted octanol–water partition coefficient (Wildman–Crippen LogP) is 4.08. The summed E-state index contributed by atoms with van der Waals surface area (Å²) in [4.78, 5) is 38.4. The van der Waals surface area contributed by atoms with E-state index in [-0.39, 0.29) is 17.9 Å². The quantitative estimate of drug-likeness (QED) is 0.793. The summed E-state index contributed by atoms with van der Waals surface area (Å²) < 4.78 is 5.37. The molecule has 1 fully saturated rings. The van der Waals surface area contributed by atoms with Crippen molar-refractivity contribution in [2.75, 3.05) is 17.3 Å². The first-order valence-electron chi connectivity index (χ1n) is 10.1. The summed E-state index contributed by atoms with van der Waals surface area (Å²) in [6, 6.07) is 6.83. The van der Waals surface area contributed by atoms with Crippen LogP contribution in [-0.2, 0) is 14.3 Å². The van der Waals surface area contributed by atoms with Gasteiger partial charge in [-0.1, -0.05) is 12.8 Å². The Bertz CT molecular complexity index is 754. The highest BCUT2D eigenvalue weighted by atomic mass is 16.6. The third kappa shape index (κ3) is 5.95. The van der Waals surface area contributed by atoms with Crippen molar-refractivity contribution in [2.45, 2.75) is 71.9 Å². The summed E-state index contributed by atoms with van der Waals surface area (Å²) in [5, 5.41) is 5.87. The summed E-state index contributed by atoms with van der Waals surface area (Å²) in [5.74, 6) is -0.196. The Kier molecular flexibility index (Phi) is 6.93. The number of benzene rings is 1. The molecule has 0 aliphatic heterocycles. The SMILES string of the molecule is CC(=O)N(C)c1ccc(NC(=O)[C@@]2(C)CCCC[C@H]2NC(=O)OC(C)(C)C)cc1. The van der Waals surface area contributed by atoms with Gasteiger partial charge in [0.15, 0.2) is 0 Å². The number of hydrogen-bond acceptors (Lipinski definition) is 4. The second-order valence-electron chi connectivity index (χ2n) is 8.94. The molecule has 0 radical (unpaired) electrons. The molecule has 0 spiro atoms. The Morgan fingerprint density at radius 2 is 1.76 bits per heavy atom. The predicted molar refractivity (Wildman–Crippen MR) is 114 cm³/mol. The third-order valence-electron chi connectivity index (χ3n) is 5.40. The van der Waals surface area contributed by atoms with E-state index in [0.717, 1.165) is 24.9 Å². The number of alkyl carbamates (subject to hydrolysis) is 1. The minimum absolute atomic E-state index is 0.0624. The van der Waals surface area contributed by atoms with E-state index in [9.17, 15) is 14.4 Å². The lowest BCUT2D eigenvalue weighted by Gasteiger charge is -2.40. The van der Waals surface area contributed by atoms with Crippen LogP contribution < -0.4 is 15.5 Å². The fourth-order valence-electron chi connectivity index (χ4n) is 3.51. The van der Waals surface area contributed by atoms with Crippen LogP contribution in [0.1, 0.15) is 60.3 Å². The molecule has 0 aromatic heterocycles. The zero-order valence-corrected chi connectivity index (χ0v) is 18.3. The Balaban J connectivity index is 2.09. The van der Waals surface area contributed by atoms with Crippen molar-refractivity contribution >= 4 is 29.3 Å². The van der Waals surface area contributed by atoms with E-state index in [4.69, 9.17) is 4.74 Å². The molecule has 7 nitrogen and oxygen atoms in total. The summed E-state index contributed by atoms with van der Waals surface area (Å²) >= 11 is 0. The second kappa shape index (κ2) is 8.84. The van der Waals surface area contributed by atoms with Gasteiger partial charge in [-0.2, -0.15) is 0 Å². The largest absolute Gasteiger partial charge is 0.444 e. The highest BCUT2D eigenvalue weighted by Gasteiger charge is 2.44. The molecule has 3 amide bonds. The van der Waals surface area contributed by atoms with Gasteiger partial charge in [0.1, 0.15) is 5.60 Å². The Labute approximate surface area is 173 Å². The van der Waals surface area contributed by atoms with Crippen molar-refractivity contribution in [1.82, 2.24) is 5.32 Å². The number of anilines is 2. The first-order valence-corrected chi connectivity index (χ1v) is 10.1. The number of nitrogens with zero attached hydrogens (tertiary/aromatic N) is 1. The zero-order chi connectivity index (χ0) is 21.8. The van der Waals surface area contributed by atoms with Gasteiger partial charge >= 0.3 is 6.09 Å². The Hall–Kier alpha value is -2.57. The molecule has 1 aromatic carbocycles. The van der Waals surface area contributed by atoms with E-state index in [1.807, 2.05) is 27.7 Å². The normalized spacial score (nSPS) is 21.8. The maximum absolute atomic E-state index is 13.1. The molecule has 160 valence electrons. The lowest BCUT2D eigenvalue weighted by molar-refractivity contribution is -0.127. The summed E-state index contributed by atoms with van der Waals surface area (Å²) in [6.07, 6.45) is 2.80. The molecule has 29 heavy (non-hydrogen) atoms. The van der Waals surface area contributed by atoms with Gasteiger partial charge in [-0.15, -0.1) is 0 Å². The lowest BCUT2D eigenvalue weighted by atomic mass is 9.71. The van der Waals surface area contributed by atoms with E-state index >= 15 is 0 Å². The van der Waals surface area contributed by atoms with Crippen molar-refractivity contribution in [3.63, 3.8) is 0 Å². The molecule has 2 atom stereocenters. The van der Waals surface area contributed by atoms with Crippen LogP contribution in [0, 0.1) is 5.41 Å². The van der Waals surface area contributed by atoms with Gasteiger partial charge in [0.05, 0.1) is 5.41 Å². The second-order valence-corrected chi connectivity index (χ2v) is 8.94. The molecule has 2 N–H and O–H groups in total. The summed E-state index contributed by atoms with van der Waals surface area (Å²) in [7, 11) is 1.70. The molecule has 2 rings (SSSR count). The number of rotatable bonds is 4. The lowest BCUT2D eigenvalue weighted by Crippen LogP contribution is -2.54. The van der Waals surface area contributed by atoms with E-state index < -0.39 is 17.1 Å². The molecule has 1 saturated carbocycles. The average molecular weight is 404 g/mol. The molecule has 0 heterocycles. The molecule has 1 aliphatic rings. The number of carbonyl (C=O) groups is 3. The monoisotopic (exact) mass is 403 g/mol. The minimum Gasteiger partial charge on any atom is -0.444 e. The topological polar surface area (TPSA) is 87.7 Å². The van der Waals surface area contributed by atoms with Crippen molar-refractivity contribution in [2.24, 2.45) is 5.41 Å². The number of ether oxygens (including phenoxy) is 1. The molecule has 1 aromatic rings. The van der Waals surface area contributed by atoms with Gasteiger partial charge in [-0.05, 0) is 64.8 Å². The van der Waals surface area contributed by atoms with Gasteiger partial charge in [0.2, 0.25) is 11.8 Å². The smallest absolute Gasteiger partial charge is 0.407 e. The van der Waals surface area contributed by atoms with Gasteiger partial charge in [0, 0.05) is 31.4 Å². The first-order chi connectivity index (χ1) is 13.4. The van der Waals surface area contributed by atoms with Crippen LogP contribution in [0.2, 0.25) is 0 Å². The first kappa shape index (κ1) is 22.7.